The summed E-state index contributed by atoms with van der Waals surface area (Å²) in [7, 11) is 1.96. The summed E-state index contributed by atoms with van der Waals surface area (Å²) in [5.74, 6) is 0. The Bertz CT molecular complexity index is 300. The minimum absolute atomic E-state index is 1.03. The molecule has 0 N–H and O–H groups in total. The van der Waals surface area contributed by atoms with Gasteiger partial charge in [-0.15, -0.1) is 5.73 Å². The van der Waals surface area contributed by atoms with Crippen LogP contribution in [0.15, 0.2) is 24.3 Å². The number of allylic oxidation sites excluding steroid dienone is 1. The molecule has 0 spiro atoms. The van der Waals surface area contributed by atoms with Crippen molar-refractivity contribution >= 4 is 5.57 Å². The highest BCUT2D eigenvalue weighted by atomic mass is 15.0. The molecule has 1 heterocycles. The van der Waals surface area contributed by atoms with Crippen molar-refractivity contribution < 1.29 is 0 Å². The van der Waals surface area contributed by atoms with E-state index in [-0.39, 0.29) is 0 Å². The van der Waals surface area contributed by atoms with Crippen LogP contribution in [0.5, 0.6) is 0 Å². The Kier molecular flexibility index (Phi) is 0.696. The van der Waals surface area contributed by atoms with Gasteiger partial charge in [0.05, 0.1) is 17.6 Å². The van der Waals surface area contributed by atoms with Gasteiger partial charge in [-0.1, -0.05) is 0 Å². The first-order valence-electron chi connectivity index (χ1n) is 2.81. The predicted molar refractivity (Wildman–Crippen MR) is 34.7 cm³/mol. The van der Waals surface area contributed by atoms with Gasteiger partial charge >= 0.3 is 0 Å². The second kappa shape index (κ2) is 1.36. The molecular formula is C7H6N2. The van der Waals surface area contributed by atoms with Crippen LogP contribution in [-0.4, -0.2) is 9.55 Å². The summed E-state index contributed by atoms with van der Waals surface area (Å²) in [6, 6.07) is 0. The third-order valence-corrected chi connectivity index (χ3v) is 1.27. The van der Waals surface area contributed by atoms with Crippen molar-refractivity contribution in [3.05, 3.63) is 30.0 Å². The van der Waals surface area contributed by atoms with Crippen LogP contribution in [-0.2, 0) is 7.05 Å². The minimum Gasteiger partial charge on any atom is -0.340 e. The maximum atomic E-state index is 4.11. The number of imidazole rings is 1. The topological polar surface area (TPSA) is 17.8 Å². The van der Waals surface area contributed by atoms with Gasteiger partial charge in [0.15, 0.2) is 0 Å². The van der Waals surface area contributed by atoms with Gasteiger partial charge in [0, 0.05) is 13.2 Å². The molecule has 0 saturated heterocycles. The highest BCUT2D eigenvalue weighted by Gasteiger charge is 2.05. The Morgan fingerprint density at radius 1 is 1.67 bits per heavy atom. The van der Waals surface area contributed by atoms with Crippen molar-refractivity contribution in [1.29, 1.82) is 0 Å². The van der Waals surface area contributed by atoms with Gasteiger partial charge in [-0.05, 0) is 6.08 Å². The molecule has 9 heavy (non-hydrogen) atoms. The van der Waals surface area contributed by atoms with E-state index in [1.807, 2.05) is 23.9 Å². The molecule has 0 saturated carbocycles. The zero-order valence-corrected chi connectivity index (χ0v) is 5.13. The summed E-state index contributed by atoms with van der Waals surface area (Å²) in [4.78, 5) is 4.11. The molecule has 1 aliphatic carbocycles. The van der Waals surface area contributed by atoms with E-state index in [9.17, 15) is 0 Å². The van der Waals surface area contributed by atoms with Crippen LogP contribution < -0.4 is 0 Å². The Morgan fingerprint density at radius 3 is 2.89 bits per heavy atom. The lowest BCUT2D eigenvalue weighted by Gasteiger charge is -1.80. The average Bonchev–Trinajstić information content (AvgIpc) is 2.58. The molecule has 0 unspecified atom stereocenters. The normalized spacial score (nSPS) is 13.7. The fourth-order valence-electron chi connectivity index (χ4n) is 0.736. The fourth-order valence-corrected chi connectivity index (χ4v) is 0.736. The molecular weight excluding hydrogens is 112 g/mol. The third kappa shape index (κ3) is 0.694. The van der Waals surface area contributed by atoms with Gasteiger partial charge < -0.3 is 4.57 Å². The molecule has 0 radical (unpaired) electrons. The van der Waals surface area contributed by atoms with Crippen LogP contribution in [0.4, 0.5) is 0 Å². The van der Waals surface area contributed by atoms with Gasteiger partial charge in [-0.2, -0.15) is 0 Å². The molecule has 1 aromatic heterocycles. The molecule has 2 heteroatoms. The molecule has 44 valence electrons. The number of hydrogen-bond acceptors (Lipinski definition) is 1. The van der Waals surface area contributed by atoms with E-state index in [0.29, 0.717) is 0 Å². The van der Waals surface area contributed by atoms with Crippen LogP contribution in [0.2, 0.25) is 0 Å². The summed E-state index contributed by atoms with van der Waals surface area (Å²) in [6.07, 6.45) is 5.70. The molecule has 0 bridgehead atoms. The number of nitrogens with zero attached hydrogens (tertiary/aromatic N) is 2. The molecule has 1 aliphatic rings. The van der Waals surface area contributed by atoms with E-state index in [4.69, 9.17) is 0 Å². The number of hydrogen-bond donors (Lipinski definition) is 0. The molecule has 0 aliphatic heterocycles. The fraction of sp³-hybridized carbons (Fsp3) is 0.143. The highest BCUT2D eigenvalue weighted by molar-refractivity contribution is 5.80. The Balaban J connectivity index is 2.40. The summed E-state index contributed by atoms with van der Waals surface area (Å²) in [5, 5.41) is 0. The van der Waals surface area contributed by atoms with E-state index >= 15 is 0 Å². The Morgan fingerprint density at radius 2 is 2.44 bits per heavy atom. The molecule has 1 aromatic rings. The standard InChI is InChI=1S/C7H6N2/c1-9-4-7(8-5-9)6-2-3-6/h2,4-5H,1H3. The maximum Gasteiger partial charge on any atom is 0.0965 e. The first kappa shape index (κ1) is 4.59. The average molecular weight is 118 g/mol. The van der Waals surface area contributed by atoms with E-state index in [1.54, 1.807) is 6.33 Å². The molecule has 0 atom stereocenters. The molecule has 0 fully saturated rings. The molecule has 2 nitrogen and oxygen atoms in total. The quantitative estimate of drug-likeness (QED) is 0.502. The van der Waals surface area contributed by atoms with Gasteiger partial charge in [0.25, 0.3) is 0 Å². The van der Waals surface area contributed by atoms with Crippen LogP contribution >= 0.6 is 0 Å². The molecule has 0 aromatic carbocycles. The predicted octanol–water partition coefficient (Wildman–Crippen LogP) is 0.972. The van der Waals surface area contributed by atoms with Gasteiger partial charge in [0.2, 0.25) is 0 Å². The van der Waals surface area contributed by atoms with Crippen LogP contribution in [0, 0.1) is 0 Å². The van der Waals surface area contributed by atoms with Crippen molar-refractivity contribution in [3.63, 3.8) is 0 Å². The highest BCUT2D eigenvalue weighted by Crippen LogP contribution is 2.18. The van der Waals surface area contributed by atoms with Crippen molar-refractivity contribution in [2.75, 3.05) is 0 Å². The van der Waals surface area contributed by atoms with Crippen LogP contribution in [0.25, 0.3) is 5.57 Å². The van der Waals surface area contributed by atoms with E-state index < -0.39 is 0 Å². The number of aromatic nitrogens is 2. The second-order valence-electron chi connectivity index (χ2n) is 2.13. The van der Waals surface area contributed by atoms with E-state index in [1.165, 1.54) is 0 Å². The van der Waals surface area contributed by atoms with Gasteiger partial charge in [-0.25, -0.2) is 4.98 Å². The lowest BCUT2D eigenvalue weighted by molar-refractivity contribution is 0.913. The second-order valence-corrected chi connectivity index (χ2v) is 2.13. The lowest BCUT2D eigenvalue weighted by atomic mass is 10.4. The number of aryl methyl sites for hydroxylation is 1. The summed E-state index contributed by atoms with van der Waals surface area (Å²) >= 11 is 0. The van der Waals surface area contributed by atoms with Crippen LogP contribution in [0.1, 0.15) is 5.69 Å². The minimum atomic E-state index is 1.03. The largest absolute Gasteiger partial charge is 0.340 e. The third-order valence-electron chi connectivity index (χ3n) is 1.27. The molecule has 0 amide bonds. The van der Waals surface area contributed by atoms with Gasteiger partial charge in [-0.3, -0.25) is 0 Å². The van der Waals surface area contributed by atoms with E-state index in [2.05, 4.69) is 10.7 Å². The zero-order valence-electron chi connectivity index (χ0n) is 5.13. The van der Waals surface area contributed by atoms with Crippen molar-refractivity contribution in [3.8, 4) is 0 Å². The van der Waals surface area contributed by atoms with Crippen LogP contribution in [0.3, 0.4) is 0 Å². The Hall–Kier alpha value is -1.27. The smallest absolute Gasteiger partial charge is 0.0965 e. The van der Waals surface area contributed by atoms with Crippen molar-refractivity contribution in [2.45, 2.75) is 0 Å². The SMILES string of the molecule is Cn1cnc(C2=C=C2)c1. The summed E-state index contributed by atoms with van der Waals surface area (Å²) < 4.78 is 1.93. The first-order valence-corrected chi connectivity index (χ1v) is 2.81. The van der Waals surface area contributed by atoms with E-state index in [0.717, 1.165) is 11.3 Å². The molecule has 2 rings (SSSR count). The lowest BCUT2D eigenvalue weighted by Crippen LogP contribution is -1.77. The number of rotatable bonds is 1. The van der Waals surface area contributed by atoms with Crippen molar-refractivity contribution in [2.24, 2.45) is 7.05 Å². The maximum absolute atomic E-state index is 4.11. The Labute approximate surface area is 53.1 Å². The van der Waals surface area contributed by atoms with Gasteiger partial charge in [0.1, 0.15) is 0 Å². The first-order chi connectivity index (χ1) is 4.36. The summed E-state index contributed by atoms with van der Waals surface area (Å²) in [6.45, 7) is 0. The summed E-state index contributed by atoms with van der Waals surface area (Å²) in [5.41, 5.74) is 5.14. The zero-order chi connectivity index (χ0) is 6.27. The van der Waals surface area contributed by atoms with Crippen molar-refractivity contribution in [1.82, 2.24) is 9.55 Å². The monoisotopic (exact) mass is 118 g/mol.